The summed E-state index contributed by atoms with van der Waals surface area (Å²) in [5.74, 6) is -0.580. The van der Waals surface area contributed by atoms with Crippen molar-refractivity contribution in [2.24, 2.45) is 0 Å². The van der Waals surface area contributed by atoms with Crippen LogP contribution in [0.15, 0.2) is 52.3 Å². The van der Waals surface area contributed by atoms with Crippen molar-refractivity contribution in [3.63, 3.8) is 0 Å². The minimum Gasteiger partial charge on any atom is -0.465 e. The third-order valence-corrected chi connectivity index (χ3v) is 7.14. The smallest absolute Gasteiger partial charge is 0.337 e. The molecule has 0 aliphatic rings. The van der Waals surface area contributed by atoms with E-state index in [0.29, 0.717) is 5.56 Å². The van der Waals surface area contributed by atoms with Gasteiger partial charge in [-0.25, -0.2) is 25.9 Å². The van der Waals surface area contributed by atoms with E-state index in [1.54, 1.807) is 6.92 Å². The number of rotatable bonds is 6. The minimum atomic E-state index is -3.97. The van der Waals surface area contributed by atoms with Crippen molar-refractivity contribution < 1.29 is 26.4 Å². The number of nitrogens with one attached hydrogen (secondary N) is 1. The Labute approximate surface area is 158 Å². The molecule has 0 saturated carbocycles. The van der Waals surface area contributed by atoms with E-state index < -0.39 is 26.0 Å². The molecule has 0 aliphatic heterocycles. The number of esters is 1. The summed E-state index contributed by atoms with van der Waals surface area (Å²) in [4.78, 5) is 11.4. The topological polar surface area (TPSA) is 110 Å². The maximum absolute atomic E-state index is 12.5. The number of hydrogen-bond acceptors (Lipinski definition) is 6. The molecule has 8 nitrogen and oxygen atoms in total. The number of carbonyl (C=O) groups excluding carboxylic acids is 1. The van der Waals surface area contributed by atoms with Gasteiger partial charge in [-0.05, 0) is 48.9 Å². The SMILES string of the molecule is COC(=O)c1ccc(S(=O)(=O)Nc2ccc(C)c(S(=O)(=O)N(C)C)c2)cc1. The van der Waals surface area contributed by atoms with Crippen molar-refractivity contribution in [2.45, 2.75) is 16.7 Å². The van der Waals surface area contributed by atoms with E-state index in [4.69, 9.17) is 0 Å². The van der Waals surface area contributed by atoms with Crippen LogP contribution in [0.5, 0.6) is 0 Å². The van der Waals surface area contributed by atoms with Gasteiger partial charge in [0.2, 0.25) is 10.0 Å². The van der Waals surface area contributed by atoms with Crippen LogP contribution in [0.2, 0.25) is 0 Å². The monoisotopic (exact) mass is 412 g/mol. The normalized spacial score (nSPS) is 12.0. The number of hydrogen-bond donors (Lipinski definition) is 1. The largest absolute Gasteiger partial charge is 0.465 e. The quantitative estimate of drug-likeness (QED) is 0.725. The lowest BCUT2D eigenvalue weighted by Gasteiger charge is -2.15. The fraction of sp³-hybridized carbons (Fsp3) is 0.235. The van der Waals surface area contributed by atoms with Gasteiger partial charge in [-0.3, -0.25) is 4.72 Å². The second-order valence-electron chi connectivity index (χ2n) is 5.89. The minimum absolute atomic E-state index is 0.00809. The molecular weight excluding hydrogens is 392 g/mol. The lowest BCUT2D eigenvalue weighted by Crippen LogP contribution is -2.23. The Balaban J connectivity index is 2.37. The van der Waals surface area contributed by atoms with Gasteiger partial charge < -0.3 is 4.74 Å². The number of ether oxygens (including phenoxy) is 1. The van der Waals surface area contributed by atoms with E-state index in [1.165, 1.54) is 63.7 Å². The number of nitrogens with zero attached hydrogens (tertiary/aromatic N) is 1. The molecule has 0 bridgehead atoms. The van der Waals surface area contributed by atoms with E-state index in [1.807, 2.05) is 0 Å². The van der Waals surface area contributed by atoms with Crippen molar-refractivity contribution in [2.75, 3.05) is 25.9 Å². The first kappa shape index (κ1) is 20.9. The molecule has 0 heterocycles. The number of carbonyl (C=O) groups is 1. The number of anilines is 1. The van der Waals surface area contributed by atoms with Crippen molar-refractivity contribution in [1.82, 2.24) is 4.31 Å². The molecule has 0 radical (unpaired) electrons. The molecule has 0 atom stereocenters. The van der Waals surface area contributed by atoms with Gasteiger partial charge in [0.15, 0.2) is 0 Å². The fourth-order valence-electron chi connectivity index (χ4n) is 2.24. The summed E-state index contributed by atoms with van der Waals surface area (Å²) in [6.45, 7) is 1.63. The van der Waals surface area contributed by atoms with Gasteiger partial charge in [0.05, 0.1) is 28.2 Å². The standard InChI is InChI=1S/C17H20N2O6S2/c1-12-5-8-14(11-16(12)27(23,24)19(2)3)18-26(21,22)15-9-6-13(7-10-15)17(20)25-4/h5-11,18H,1-4H3. The van der Waals surface area contributed by atoms with Gasteiger partial charge in [-0.15, -0.1) is 0 Å². The third-order valence-electron chi connectivity index (χ3n) is 3.78. The second kappa shape index (κ2) is 7.67. The van der Waals surface area contributed by atoms with Crippen LogP contribution in [0.3, 0.4) is 0 Å². The molecule has 0 amide bonds. The van der Waals surface area contributed by atoms with Gasteiger partial charge in [-0.1, -0.05) is 6.07 Å². The van der Waals surface area contributed by atoms with E-state index in [-0.39, 0.29) is 21.0 Å². The van der Waals surface area contributed by atoms with Gasteiger partial charge in [0.25, 0.3) is 10.0 Å². The van der Waals surface area contributed by atoms with E-state index >= 15 is 0 Å². The van der Waals surface area contributed by atoms with Crippen LogP contribution in [0.4, 0.5) is 5.69 Å². The molecule has 0 unspecified atom stereocenters. The number of aryl methyl sites for hydroxylation is 1. The average molecular weight is 412 g/mol. The van der Waals surface area contributed by atoms with Crippen LogP contribution in [-0.2, 0) is 24.8 Å². The highest BCUT2D eigenvalue weighted by atomic mass is 32.2. The molecule has 2 aromatic carbocycles. The van der Waals surface area contributed by atoms with E-state index in [2.05, 4.69) is 9.46 Å². The molecule has 0 fully saturated rings. The first-order valence-corrected chi connectivity index (χ1v) is 10.7. The maximum atomic E-state index is 12.5. The summed E-state index contributed by atoms with van der Waals surface area (Å²) < 4.78 is 57.8. The molecule has 0 spiro atoms. The zero-order chi connectivity index (χ0) is 20.4. The molecule has 146 valence electrons. The van der Waals surface area contributed by atoms with Gasteiger partial charge >= 0.3 is 5.97 Å². The highest BCUT2D eigenvalue weighted by Gasteiger charge is 2.22. The average Bonchev–Trinajstić information content (AvgIpc) is 2.62. The van der Waals surface area contributed by atoms with Crippen LogP contribution in [0.25, 0.3) is 0 Å². The Hall–Kier alpha value is -2.43. The molecule has 0 aliphatic carbocycles. The third kappa shape index (κ3) is 4.46. The summed E-state index contributed by atoms with van der Waals surface area (Å²) in [6.07, 6.45) is 0. The maximum Gasteiger partial charge on any atom is 0.337 e. The summed E-state index contributed by atoms with van der Waals surface area (Å²) in [7, 11) is -3.67. The van der Waals surface area contributed by atoms with Crippen molar-refractivity contribution >= 4 is 31.7 Å². The Morgan fingerprint density at radius 2 is 1.59 bits per heavy atom. The van der Waals surface area contributed by atoms with Gasteiger partial charge in [0.1, 0.15) is 0 Å². The predicted octanol–water partition coefficient (Wildman–Crippen LogP) is 1.83. The molecule has 10 heteroatoms. The van der Waals surface area contributed by atoms with Crippen molar-refractivity contribution in [3.8, 4) is 0 Å². The molecule has 2 rings (SSSR count). The highest BCUT2D eigenvalue weighted by molar-refractivity contribution is 7.92. The lowest BCUT2D eigenvalue weighted by atomic mass is 10.2. The Kier molecular flexibility index (Phi) is 5.93. The van der Waals surface area contributed by atoms with Crippen molar-refractivity contribution in [1.29, 1.82) is 0 Å². The molecule has 2 aromatic rings. The number of sulfonamides is 2. The van der Waals surface area contributed by atoms with Crippen LogP contribution in [0, 0.1) is 6.92 Å². The van der Waals surface area contributed by atoms with E-state index in [0.717, 1.165) is 4.31 Å². The first-order chi connectivity index (χ1) is 12.5. The second-order valence-corrected chi connectivity index (χ2v) is 9.69. The van der Waals surface area contributed by atoms with E-state index in [9.17, 15) is 21.6 Å². The van der Waals surface area contributed by atoms with Gasteiger partial charge in [-0.2, -0.15) is 0 Å². The lowest BCUT2D eigenvalue weighted by molar-refractivity contribution is 0.0600. The summed E-state index contributed by atoms with van der Waals surface area (Å²) in [5, 5.41) is 0. The molecule has 27 heavy (non-hydrogen) atoms. The molecule has 0 saturated heterocycles. The zero-order valence-corrected chi connectivity index (χ0v) is 16.9. The summed E-state index contributed by atoms with van der Waals surface area (Å²) >= 11 is 0. The van der Waals surface area contributed by atoms with Crippen LogP contribution in [-0.4, -0.2) is 48.3 Å². The van der Waals surface area contributed by atoms with Crippen LogP contribution < -0.4 is 4.72 Å². The zero-order valence-electron chi connectivity index (χ0n) is 15.3. The highest BCUT2D eigenvalue weighted by Crippen LogP contribution is 2.24. The van der Waals surface area contributed by atoms with Crippen LogP contribution >= 0.6 is 0 Å². The molecule has 1 N–H and O–H groups in total. The Morgan fingerprint density at radius 1 is 1.00 bits per heavy atom. The Morgan fingerprint density at radius 3 is 2.11 bits per heavy atom. The predicted molar refractivity (Wildman–Crippen MR) is 101 cm³/mol. The first-order valence-electron chi connectivity index (χ1n) is 7.73. The fourth-order valence-corrected chi connectivity index (χ4v) is 4.43. The number of methoxy groups -OCH3 is 1. The molecular formula is C17H20N2O6S2. The number of benzene rings is 2. The summed E-state index contributed by atoms with van der Waals surface area (Å²) in [6, 6.07) is 9.46. The van der Waals surface area contributed by atoms with Crippen molar-refractivity contribution in [3.05, 3.63) is 53.6 Å². The van der Waals surface area contributed by atoms with Crippen LogP contribution in [0.1, 0.15) is 15.9 Å². The Bertz CT molecular complexity index is 1060. The van der Waals surface area contributed by atoms with Gasteiger partial charge in [0, 0.05) is 14.1 Å². The molecule has 0 aromatic heterocycles. The summed E-state index contributed by atoms with van der Waals surface area (Å²) in [5.41, 5.74) is 0.818.